The molecule has 82 heavy (non-hydrogen) atoms. The largest absolute Gasteiger partial charge is 0.756 e. The summed E-state index contributed by atoms with van der Waals surface area (Å²) in [5.41, 5.74) is 0. The lowest BCUT2D eigenvalue weighted by molar-refractivity contribution is -0.870. The Kier molecular flexibility index (Phi) is 60.1. The van der Waals surface area contributed by atoms with Gasteiger partial charge < -0.3 is 27.9 Å². The van der Waals surface area contributed by atoms with Gasteiger partial charge in [-0.15, -0.1) is 0 Å². The van der Waals surface area contributed by atoms with Gasteiger partial charge in [0.25, 0.3) is 7.82 Å². The smallest absolute Gasteiger partial charge is 0.306 e. The molecular formula is C72H128NO8P. The van der Waals surface area contributed by atoms with Crippen LogP contribution in [0.2, 0.25) is 0 Å². The zero-order chi connectivity index (χ0) is 59.8. The Bertz CT molecular complexity index is 1710. The van der Waals surface area contributed by atoms with Gasteiger partial charge in [-0.1, -0.05) is 284 Å². The molecular weight excluding hydrogens is 1040 g/mol. The van der Waals surface area contributed by atoms with Gasteiger partial charge in [-0.2, -0.15) is 0 Å². The quantitative estimate of drug-likeness (QED) is 0.0195. The molecule has 0 aliphatic rings. The number of hydrogen-bond acceptors (Lipinski definition) is 8. The first-order valence-corrected chi connectivity index (χ1v) is 35.4. The lowest BCUT2D eigenvalue weighted by atomic mass is 10.0. The van der Waals surface area contributed by atoms with Crippen LogP contribution in [0.3, 0.4) is 0 Å². The van der Waals surface area contributed by atoms with Gasteiger partial charge in [0.05, 0.1) is 27.7 Å². The topological polar surface area (TPSA) is 111 Å². The summed E-state index contributed by atoms with van der Waals surface area (Å²) in [6, 6.07) is 0. The molecule has 0 aromatic rings. The van der Waals surface area contributed by atoms with Gasteiger partial charge in [-0.3, -0.25) is 14.2 Å². The van der Waals surface area contributed by atoms with E-state index in [1.165, 1.54) is 180 Å². The molecule has 474 valence electrons. The highest BCUT2D eigenvalue weighted by Crippen LogP contribution is 2.38. The molecule has 0 amide bonds. The summed E-state index contributed by atoms with van der Waals surface area (Å²) in [7, 11) is 1.17. The van der Waals surface area contributed by atoms with Crippen LogP contribution >= 0.6 is 7.82 Å². The number of phosphoric ester groups is 1. The second-order valence-corrected chi connectivity index (χ2v) is 25.2. The van der Waals surface area contributed by atoms with Crippen LogP contribution in [0.1, 0.15) is 296 Å². The molecule has 0 rings (SSSR count). The summed E-state index contributed by atoms with van der Waals surface area (Å²) >= 11 is 0. The minimum absolute atomic E-state index is 0.0324. The Balaban J connectivity index is 4.00. The fourth-order valence-corrected chi connectivity index (χ4v) is 10.1. The molecule has 10 heteroatoms. The standard InChI is InChI=1S/C72H128NO8P/c1-6-8-10-12-14-16-18-20-22-24-26-27-28-29-30-31-32-33-34-35-36-37-38-39-40-41-42-43-44-45-47-49-51-53-55-57-59-61-63-65-72(75)81-70(69-80-82(76,77)79-67-66-73(3,4)5)68-78-71(74)64-62-60-58-56-54-52-50-48-46-25-23-21-19-17-15-13-11-9-7-2/h8,10,14,16,20-23,26-27,29-30,32-33,35-36,70H,6-7,9,11-13,15,17-19,24-25,28,31,34,37-69H2,1-5H3/b10-8-,16-14-,22-20-,23-21-,27-26-,30-29-,33-32-,36-35-. The van der Waals surface area contributed by atoms with Crippen LogP contribution in [0.25, 0.3) is 0 Å². The number of allylic oxidation sites excluding steroid dienone is 16. The monoisotopic (exact) mass is 1170 g/mol. The number of likely N-dealkylation sites (N-methyl/N-ethyl adjacent to an activating group) is 1. The van der Waals surface area contributed by atoms with E-state index in [0.717, 1.165) is 83.5 Å². The second kappa shape index (κ2) is 62.5. The van der Waals surface area contributed by atoms with Crippen LogP contribution in [-0.2, 0) is 32.7 Å². The molecule has 0 fully saturated rings. The van der Waals surface area contributed by atoms with Gasteiger partial charge in [-0.25, -0.2) is 0 Å². The van der Waals surface area contributed by atoms with Gasteiger partial charge >= 0.3 is 11.9 Å². The lowest BCUT2D eigenvalue weighted by Gasteiger charge is -2.28. The highest BCUT2D eigenvalue weighted by atomic mass is 31.2. The van der Waals surface area contributed by atoms with Crippen molar-refractivity contribution in [1.29, 1.82) is 0 Å². The first kappa shape index (κ1) is 78.9. The molecule has 0 aliphatic heterocycles. The SMILES string of the molecule is CC/C=C\C/C=C\C/C=C\C/C=C\C/C=C\C/C=C\C/C=C\CCCCCCCCCCCCCCCCCCCC(=O)OC(COC(=O)CCCCCCCCCCC/C=C\CCCCCCCC)COP(=O)([O-])OCC[N+](C)(C)C. The third-order valence-electron chi connectivity index (χ3n) is 14.6. The molecule has 0 aliphatic carbocycles. The fourth-order valence-electron chi connectivity index (χ4n) is 9.40. The Morgan fingerprint density at radius 1 is 0.390 bits per heavy atom. The average molecular weight is 1170 g/mol. The Hall–Kier alpha value is -3.07. The number of hydrogen-bond donors (Lipinski definition) is 0. The number of rotatable bonds is 62. The van der Waals surface area contributed by atoms with E-state index in [0.29, 0.717) is 17.4 Å². The maximum Gasteiger partial charge on any atom is 0.306 e. The Labute approximate surface area is 506 Å². The molecule has 9 nitrogen and oxygen atoms in total. The number of nitrogens with zero attached hydrogens (tertiary/aromatic N) is 1. The molecule has 0 radical (unpaired) electrons. The highest BCUT2D eigenvalue weighted by molar-refractivity contribution is 7.45. The zero-order valence-electron chi connectivity index (χ0n) is 53.9. The van der Waals surface area contributed by atoms with Crippen LogP contribution in [0.15, 0.2) is 97.2 Å². The molecule has 0 N–H and O–H groups in total. The van der Waals surface area contributed by atoms with E-state index in [2.05, 4.69) is 111 Å². The third kappa shape index (κ3) is 66.1. The Morgan fingerprint density at radius 2 is 0.695 bits per heavy atom. The molecule has 0 heterocycles. The molecule has 0 bridgehead atoms. The maximum atomic E-state index is 12.8. The van der Waals surface area contributed by atoms with Crippen LogP contribution in [0, 0.1) is 0 Å². The van der Waals surface area contributed by atoms with Crippen molar-refractivity contribution >= 4 is 19.8 Å². The van der Waals surface area contributed by atoms with E-state index in [1.807, 2.05) is 21.1 Å². The molecule has 0 saturated heterocycles. The van der Waals surface area contributed by atoms with Crippen molar-refractivity contribution in [2.45, 2.75) is 302 Å². The van der Waals surface area contributed by atoms with Crippen LogP contribution < -0.4 is 4.89 Å². The first-order chi connectivity index (χ1) is 40.0. The maximum absolute atomic E-state index is 12.8. The summed E-state index contributed by atoms with van der Waals surface area (Å²) in [6.07, 6.45) is 86.2. The molecule has 0 saturated carbocycles. The number of ether oxygens (including phenoxy) is 2. The van der Waals surface area contributed by atoms with Gasteiger partial charge in [0.1, 0.15) is 19.8 Å². The van der Waals surface area contributed by atoms with Gasteiger partial charge in [0.2, 0.25) is 0 Å². The summed E-state index contributed by atoms with van der Waals surface area (Å²) in [6.45, 7) is 4.15. The number of quaternary nitrogens is 1. The van der Waals surface area contributed by atoms with Crippen molar-refractivity contribution in [2.75, 3.05) is 47.5 Å². The third-order valence-corrected chi connectivity index (χ3v) is 15.6. The number of carbonyl (C=O) groups is 2. The number of carbonyl (C=O) groups excluding carboxylic acids is 2. The van der Waals surface area contributed by atoms with Crippen molar-refractivity contribution in [2.24, 2.45) is 0 Å². The van der Waals surface area contributed by atoms with Crippen molar-refractivity contribution in [3.63, 3.8) is 0 Å². The van der Waals surface area contributed by atoms with E-state index in [-0.39, 0.29) is 32.0 Å². The number of unbranched alkanes of at least 4 members (excludes halogenated alkanes) is 32. The molecule has 0 aromatic carbocycles. The van der Waals surface area contributed by atoms with E-state index >= 15 is 0 Å². The number of phosphoric acid groups is 1. The first-order valence-electron chi connectivity index (χ1n) is 33.9. The van der Waals surface area contributed by atoms with Crippen molar-refractivity contribution in [3.05, 3.63) is 97.2 Å². The molecule has 0 aromatic heterocycles. The predicted octanol–water partition coefficient (Wildman–Crippen LogP) is 21.3. The Morgan fingerprint density at radius 3 is 1.05 bits per heavy atom. The summed E-state index contributed by atoms with van der Waals surface area (Å²) in [4.78, 5) is 38.0. The van der Waals surface area contributed by atoms with E-state index < -0.39 is 26.5 Å². The van der Waals surface area contributed by atoms with E-state index in [1.54, 1.807) is 0 Å². The minimum Gasteiger partial charge on any atom is -0.756 e. The van der Waals surface area contributed by atoms with E-state index in [4.69, 9.17) is 18.5 Å². The van der Waals surface area contributed by atoms with Crippen LogP contribution in [-0.4, -0.2) is 70.0 Å². The fraction of sp³-hybridized carbons (Fsp3) is 0.750. The summed E-state index contributed by atoms with van der Waals surface area (Å²) in [5.74, 6) is -0.827. The number of esters is 2. The van der Waals surface area contributed by atoms with Crippen molar-refractivity contribution in [3.8, 4) is 0 Å². The molecule has 0 spiro atoms. The van der Waals surface area contributed by atoms with Gasteiger partial charge in [-0.05, 0) is 96.3 Å². The minimum atomic E-state index is -4.64. The summed E-state index contributed by atoms with van der Waals surface area (Å²) < 4.78 is 34.3. The van der Waals surface area contributed by atoms with Gasteiger partial charge in [0.15, 0.2) is 6.10 Å². The molecule has 2 atom stereocenters. The normalized spacial score (nSPS) is 13.8. The second-order valence-electron chi connectivity index (χ2n) is 23.8. The van der Waals surface area contributed by atoms with Crippen LogP contribution in [0.4, 0.5) is 0 Å². The van der Waals surface area contributed by atoms with Crippen molar-refractivity contribution < 1.29 is 42.1 Å². The van der Waals surface area contributed by atoms with E-state index in [9.17, 15) is 19.0 Å². The lowest BCUT2D eigenvalue weighted by Crippen LogP contribution is -2.37. The van der Waals surface area contributed by atoms with Crippen molar-refractivity contribution in [1.82, 2.24) is 0 Å². The average Bonchev–Trinajstić information content (AvgIpc) is 3.46. The zero-order valence-corrected chi connectivity index (χ0v) is 54.8. The predicted molar refractivity (Wildman–Crippen MR) is 351 cm³/mol. The van der Waals surface area contributed by atoms with Crippen LogP contribution in [0.5, 0.6) is 0 Å². The highest BCUT2D eigenvalue weighted by Gasteiger charge is 2.22. The molecule has 2 unspecified atom stereocenters. The van der Waals surface area contributed by atoms with Gasteiger partial charge in [0, 0.05) is 12.8 Å². The summed E-state index contributed by atoms with van der Waals surface area (Å²) in [5, 5.41) is 0.